The zero-order valence-electron chi connectivity index (χ0n) is 12.3. The van der Waals surface area contributed by atoms with E-state index < -0.39 is 0 Å². The lowest BCUT2D eigenvalue weighted by atomic mass is 9.80. The van der Waals surface area contributed by atoms with E-state index in [2.05, 4.69) is 58.3 Å². The lowest BCUT2D eigenvalue weighted by Gasteiger charge is -2.46. The minimum atomic E-state index is 0.0210. The fourth-order valence-electron chi connectivity index (χ4n) is 3.48. The van der Waals surface area contributed by atoms with Gasteiger partial charge in [-0.3, -0.25) is 0 Å². The number of likely N-dealkylation sites (tertiary alicyclic amines) is 1. The van der Waals surface area contributed by atoms with E-state index in [1.165, 1.54) is 5.56 Å². The molecule has 0 amide bonds. The molecule has 4 heteroatoms. The van der Waals surface area contributed by atoms with Crippen LogP contribution in [0.5, 0.6) is 5.75 Å². The number of ether oxygens (including phenoxy) is 1. The molecule has 1 aromatic rings. The van der Waals surface area contributed by atoms with Crippen molar-refractivity contribution in [2.24, 2.45) is 0 Å². The number of halogens is 1. The second kappa shape index (κ2) is 5.66. The zero-order chi connectivity index (χ0) is 14.2. The maximum absolute atomic E-state index is 6.47. The van der Waals surface area contributed by atoms with Crippen LogP contribution in [-0.2, 0) is 0 Å². The van der Waals surface area contributed by atoms with Gasteiger partial charge in [0.1, 0.15) is 11.4 Å². The lowest BCUT2D eigenvalue weighted by molar-refractivity contribution is -0.0235. The summed E-state index contributed by atoms with van der Waals surface area (Å²) in [5, 5.41) is 3.47. The van der Waals surface area contributed by atoms with Gasteiger partial charge in [-0.15, -0.1) is 0 Å². The summed E-state index contributed by atoms with van der Waals surface area (Å²) in [5.41, 5.74) is 1.31. The minimum Gasteiger partial charge on any atom is -0.487 e. The van der Waals surface area contributed by atoms with Gasteiger partial charge >= 0.3 is 0 Å². The summed E-state index contributed by atoms with van der Waals surface area (Å²) < 4.78 is 7.56. The van der Waals surface area contributed by atoms with Crippen LogP contribution in [0.4, 0.5) is 0 Å². The third-order valence-corrected chi connectivity index (χ3v) is 5.31. The second-order valence-electron chi connectivity index (χ2n) is 5.95. The molecule has 1 unspecified atom stereocenters. The highest BCUT2D eigenvalue weighted by Gasteiger charge is 2.42. The number of nitrogens with one attached hydrogen (secondary N) is 1. The van der Waals surface area contributed by atoms with Crippen molar-refractivity contribution in [3.63, 3.8) is 0 Å². The minimum absolute atomic E-state index is 0.0210. The molecule has 1 fully saturated rings. The first kappa shape index (κ1) is 14.4. The zero-order valence-corrected chi connectivity index (χ0v) is 13.9. The first-order valence-electron chi connectivity index (χ1n) is 7.54. The van der Waals surface area contributed by atoms with Crippen LogP contribution in [0.2, 0.25) is 0 Å². The average molecular weight is 339 g/mol. The van der Waals surface area contributed by atoms with Gasteiger partial charge in [-0.25, -0.2) is 0 Å². The molecule has 20 heavy (non-hydrogen) atoms. The molecule has 2 aliphatic rings. The summed E-state index contributed by atoms with van der Waals surface area (Å²) in [6.07, 6.45) is 3.34. The number of benzene rings is 1. The maximum Gasteiger partial charge on any atom is 0.126 e. The Morgan fingerprint density at radius 2 is 2.15 bits per heavy atom. The summed E-state index contributed by atoms with van der Waals surface area (Å²) in [5.74, 6) is 1.05. The van der Waals surface area contributed by atoms with E-state index in [4.69, 9.17) is 4.74 Å². The van der Waals surface area contributed by atoms with Crippen molar-refractivity contribution < 1.29 is 4.74 Å². The van der Waals surface area contributed by atoms with E-state index in [1.807, 2.05) is 0 Å². The summed E-state index contributed by atoms with van der Waals surface area (Å²) >= 11 is 3.56. The van der Waals surface area contributed by atoms with Crippen molar-refractivity contribution in [1.29, 1.82) is 0 Å². The number of hydrogen-bond acceptors (Lipinski definition) is 3. The first-order valence-corrected chi connectivity index (χ1v) is 8.33. The van der Waals surface area contributed by atoms with Crippen LogP contribution in [0.3, 0.4) is 0 Å². The van der Waals surface area contributed by atoms with Gasteiger partial charge in [0, 0.05) is 35.6 Å². The molecule has 3 rings (SSSR count). The van der Waals surface area contributed by atoms with E-state index in [0.717, 1.165) is 49.1 Å². The van der Waals surface area contributed by atoms with Gasteiger partial charge in [0.2, 0.25) is 0 Å². The number of nitrogens with zero attached hydrogens (tertiary/aromatic N) is 1. The Balaban J connectivity index is 1.86. The van der Waals surface area contributed by atoms with Gasteiger partial charge in [-0.1, -0.05) is 28.9 Å². The Hall–Kier alpha value is -0.580. The lowest BCUT2D eigenvalue weighted by Crippen LogP contribution is -2.51. The largest absolute Gasteiger partial charge is 0.487 e. The van der Waals surface area contributed by atoms with E-state index >= 15 is 0 Å². The van der Waals surface area contributed by atoms with Crippen LogP contribution in [0, 0.1) is 0 Å². The van der Waals surface area contributed by atoms with Crippen LogP contribution in [0.1, 0.15) is 37.8 Å². The van der Waals surface area contributed by atoms with Crippen LogP contribution in [0.25, 0.3) is 0 Å². The molecule has 1 saturated heterocycles. The fourth-order valence-corrected chi connectivity index (χ4v) is 3.82. The third kappa shape index (κ3) is 2.61. The highest BCUT2D eigenvalue weighted by Crippen LogP contribution is 2.44. The van der Waals surface area contributed by atoms with E-state index in [1.54, 1.807) is 0 Å². The van der Waals surface area contributed by atoms with Crippen molar-refractivity contribution in [3.8, 4) is 5.75 Å². The molecule has 0 saturated carbocycles. The van der Waals surface area contributed by atoms with Gasteiger partial charge in [0.15, 0.2) is 0 Å². The van der Waals surface area contributed by atoms with Crippen molar-refractivity contribution in [1.82, 2.24) is 10.2 Å². The molecule has 2 heterocycles. The van der Waals surface area contributed by atoms with Crippen molar-refractivity contribution in [2.75, 3.05) is 26.7 Å². The maximum atomic E-state index is 6.47. The molecule has 0 bridgehead atoms. The van der Waals surface area contributed by atoms with Gasteiger partial charge in [-0.2, -0.15) is 0 Å². The predicted molar refractivity (Wildman–Crippen MR) is 85.3 cm³/mol. The smallest absolute Gasteiger partial charge is 0.126 e. The van der Waals surface area contributed by atoms with E-state index in [0.29, 0.717) is 6.04 Å². The second-order valence-corrected chi connectivity index (χ2v) is 6.86. The molecule has 0 aliphatic carbocycles. The standard InChI is InChI=1S/C16H23BrN2O/c1-3-19-8-6-16(7-9-19)11-14(18-2)13-5-4-12(17)10-15(13)20-16/h4-5,10,14,18H,3,6-9,11H2,1-2H3. The van der Waals surface area contributed by atoms with Crippen LogP contribution in [0.15, 0.2) is 22.7 Å². The Bertz CT molecular complexity index is 483. The number of fused-ring (bicyclic) bond motifs is 1. The molecular weight excluding hydrogens is 316 g/mol. The molecule has 110 valence electrons. The predicted octanol–water partition coefficient (Wildman–Crippen LogP) is 3.35. The number of rotatable bonds is 2. The Kier molecular flexibility index (Phi) is 4.07. The topological polar surface area (TPSA) is 24.5 Å². The monoisotopic (exact) mass is 338 g/mol. The number of hydrogen-bond donors (Lipinski definition) is 1. The van der Waals surface area contributed by atoms with Crippen LogP contribution < -0.4 is 10.1 Å². The Morgan fingerprint density at radius 1 is 1.40 bits per heavy atom. The highest BCUT2D eigenvalue weighted by atomic mass is 79.9. The first-order chi connectivity index (χ1) is 9.65. The fraction of sp³-hybridized carbons (Fsp3) is 0.625. The van der Waals surface area contributed by atoms with Crippen molar-refractivity contribution >= 4 is 15.9 Å². The van der Waals surface area contributed by atoms with Gasteiger partial charge in [-0.05, 0) is 38.6 Å². The summed E-state index contributed by atoms with van der Waals surface area (Å²) in [4.78, 5) is 2.51. The quantitative estimate of drug-likeness (QED) is 0.894. The van der Waals surface area contributed by atoms with E-state index in [9.17, 15) is 0 Å². The molecule has 2 aliphatic heterocycles. The molecule has 0 radical (unpaired) electrons. The third-order valence-electron chi connectivity index (χ3n) is 4.82. The van der Waals surface area contributed by atoms with Crippen LogP contribution >= 0.6 is 15.9 Å². The average Bonchev–Trinajstić information content (AvgIpc) is 2.47. The number of piperidine rings is 1. The Labute approximate surface area is 129 Å². The molecule has 1 atom stereocenters. The Morgan fingerprint density at radius 3 is 2.80 bits per heavy atom. The molecular formula is C16H23BrN2O. The summed E-state index contributed by atoms with van der Waals surface area (Å²) in [6, 6.07) is 6.80. The SMILES string of the molecule is CCN1CCC2(CC1)CC(NC)c1ccc(Br)cc1O2. The van der Waals surface area contributed by atoms with Crippen molar-refractivity contribution in [3.05, 3.63) is 28.2 Å². The van der Waals surface area contributed by atoms with Crippen LogP contribution in [-0.4, -0.2) is 37.2 Å². The van der Waals surface area contributed by atoms with Gasteiger partial charge < -0.3 is 15.0 Å². The normalized spacial score (nSPS) is 25.2. The van der Waals surface area contributed by atoms with Crippen molar-refractivity contribution in [2.45, 2.75) is 37.8 Å². The summed E-state index contributed by atoms with van der Waals surface area (Å²) in [6.45, 7) is 5.68. The summed E-state index contributed by atoms with van der Waals surface area (Å²) in [7, 11) is 2.05. The molecule has 0 aromatic heterocycles. The molecule has 1 spiro atoms. The van der Waals surface area contributed by atoms with Gasteiger partial charge in [0.25, 0.3) is 0 Å². The molecule has 1 aromatic carbocycles. The highest BCUT2D eigenvalue weighted by molar-refractivity contribution is 9.10. The van der Waals surface area contributed by atoms with E-state index in [-0.39, 0.29) is 5.60 Å². The molecule has 1 N–H and O–H groups in total. The van der Waals surface area contributed by atoms with Gasteiger partial charge in [0.05, 0.1) is 0 Å². The molecule has 3 nitrogen and oxygen atoms in total.